The molecule has 0 aliphatic heterocycles. The van der Waals surface area contributed by atoms with Crippen molar-refractivity contribution in [1.82, 2.24) is 16.0 Å². The van der Waals surface area contributed by atoms with Gasteiger partial charge in [0.15, 0.2) is 17.5 Å². The topological polar surface area (TPSA) is 84.0 Å². The minimum atomic E-state index is -0.00695. The second-order valence-electron chi connectivity index (χ2n) is 5.49. The molecule has 0 fully saturated rings. The van der Waals surface area contributed by atoms with Gasteiger partial charge < -0.3 is 25.4 Å². The van der Waals surface area contributed by atoms with Crippen LogP contribution in [-0.2, 0) is 11.3 Å². The van der Waals surface area contributed by atoms with Crippen LogP contribution >= 0.6 is 24.0 Å². The van der Waals surface area contributed by atoms with Crippen LogP contribution in [0.25, 0.3) is 0 Å². The minimum Gasteiger partial charge on any atom is -0.493 e. The molecule has 1 amide bonds. The lowest BCUT2D eigenvalue weighted by molar-refractivity contribution is -0.123. The van der Waals surface area contributed by atoms with Crippen LogP contribution in [0, 0.1) is 5.92 Å². The van der Waals surface area contributed by atoms with Crippen LogP contribution in [0.3, 0.4) is 0 Å². The molecule has 0 radical (unpaired) electrons. The Morgan fingerprint density at radius 2 is 1.72 bits per heavy atom. The summed E-state index contributed by atoms with van der Waals surface area (Å²) >= 11 is 0. The standard InChI is InChI=1S/C17H28N4O3.HI/c1-12(2)16(22)19-8-9-20-17(18-3)21-11-13-6-7-14(23-4)15(10-13)24-5;/h6-7,10,12H,8-9,11H2,1-5H3,(H,19,22)(H2,18,20,21);1H. The summed E-state index contributed by atoms with van der Waals surface area (Å²) in [5, 5.41) is 9.22. The summed E-state index contributed by atoms with van der Waals surface area (Å²) in [5.41, 5.74) is 1.05. The molecular formula is C17H29IN4O3. The van der Waals surface area contributed by atoms with Gasteiger partial charge in [-0.2, -0.15) is 0 Å². The zero-order chi connectivity index (χ0) is 17.9. The van der Waals surface area contributed by atoms with Crippen LogP contribution in [0.4, 0.5) is 0 Å². The molecule has 0 bridgehead atoms. The SMILES string of the molecule is CN=C(NCCNC(=O)C(C)C)NCc1ccc(OC)c(OC)c1.I. The number of hydrogen-bond acceptors (Lipinski definition) is 4. The third-order valence-corrected chi connectivity index (χ3v) is 3.37. The molecule has 0 aromatic heterocycles. The Bertz CT molecular complexity index is 565. The number of benzene rings is 1. The van der Waals surface area contributed by atoms with Gasteiger partial charge in [0.25, 0.3) is 0 Å². The first kappa shape index (κ1) is 23.3. The highest BCUT2D eigenvalue weighted by atomic mass is 127. The van der Waals surface area contributed by atoms with Crippen molar-refractivity contribution in [1.29, 1.82) is 0 Å². The average Bonchev–Trinajstić information content (AvgIpc) is 2.60. The molecule has 142 valence electrons. The van der Waals surface area contributed by atoms with Gasteiger partial charge in [-0.15, -0.1) is 24.0 Å². The quantitative estimate of drug-likeness (QED) is 0.236. The second kappa shape index (κ2) is 12.6. The van der Waals surface area contributed by atoms with E-state index in [0.717, 1.165) is 5.56 Å². The third kappa shape index (κ3) is 8.28. The molecular weight excluding hydrogens is 435 g/mol. The summed E-state index contributed by atoms with van der Waals surface area (Å²) in [4.78, 5) is 15.6. The Balaban J connectivity index is 0.00000576. The van der Waals surface area contributed by atoms with Crippen LogP contribution in [0.5, 0.6) is 11.5 Å². The summed E-state index contributed by atoms with van der Waals surface area (Å²) in [6.07, 6.45) is 0. The number of hydrogen-bond donors (Lipinski definition) is 3. The van der Waals surface area contributed by atoms with Crippen molar-refractivity contribution in [3.05, 3.63) is 23.8 Å². The Hall–Kier alpha value is -1.71. The van der Waals surface area contributed by atoms with E-state index in [-0.39, 0.29) is 35.8 Å². The van der Waals surface area contributed by atoms with Crippen LogP contribution in [-0.4, -0.2) is 46.2 Å². The maximum Gasteiger partial charge on any atom is 0.222 e. The van der Waals surface area contributed by atoms with Crippen molar-refractivity contribution in [2.24, 2.45) is 10.9 Å². The normalized spacial score (nSPS) is 10.7. The Kier molecular flexibility index (Phi) is 11.8. The van der Waals surface area contributed by atoms with Crippen LogP contribution in [0.1, 0.15) is 19.4 Å². The van der Waals surface area contributed by atoms with Gasteiger partial charge in [0.05, 0.1) is 14.2 Å². The second-order valence-corrected chi connectivity index (χ2v) is 5.49. The fourth-order valence-corrected chi connectivity index (χ4v) is 1.97. The molecule has 1 aromatic carbocycles. The van der Waals surface area contributed by atoms with Crippen molar-refractivity contribution in [3.8, 4) is 11.5 Å². The van der Waals surface area contributed by atoms with E-state index < -0.39 is 0 Å². The predicted octanol–water partition coefficient (Wildman–Crippen LogP) is 1.76. The van der Waals surface area contributed by atoms with Crippen LogP contribution < -0.4 is 25.4 Å². The lowest BCUT2D eigenvalue weighted by Gasteiger charge is -2.14. The monoisotopic (exact) mass is 464 g/mol. The number of methoxy groups -OCH3 is 2. The van der Waals surface area contributed by atoms with Crippen LogP contribution in [0.2, 0.25) is 0 Å². The van der Waals surface area contributed by atoms with E-state index in [9.17, 15) is 4.79 Å². The maximum atomic E-state index is 11.5. The first-order valence-corrected chi connectivity index (χ1v) is 7.95. The van der Waals surface area contributed by atoms with Crippen LogP contribution in [0.15, 0.2) is 23.2 Å². The van der Waals surface area contributed by atoms with Gasteiger partial charge in [0, 0.05) is 32.6 Å². The number of rotatable bonds is 8. The van der Waals surface area contributed by atoms with Gasteiger partial charge in [-0.1, -0.05) is 19.9 Å². The van der Waals surface area contributed by atoms with Gasteiger partial charge >= 0.3 is 0 Å². The number of nitrogens with one attached hydrogen (secondary N) is 3. The number of ether oxygens (including phenoxy) is 2. The van der Waals surface area contributed by atoms with Gasteiger partial charge in [-0.3, -0.25) is 9.79 Å². The summed E-state index contributed by atoms with van der Waals surface area (Å²) in [5.74, 6) is 2.10. The highest BCUT2D eigenvalue weighted by Crippen LogP contribution is 2.27. The first-order valence-electron chi connectivity index (χ1n) is 7.95. The molecule has 0 aliphatic rings. The van der Waals surface area contributed by atoms with E-state index in [1.54, 1.807) is 21.3 Å². The fraction of sp³-hybridized carbons (Fsp3) is 0.529. The number of halogens is 1. The highest BCUT2D eigenvalue weighted by molar-refractivity contribution is 14.0. The Labute approximate surface area is 167 Å². The number of nitrogens with zero attached hydrogens (tertiary/aromatic N) is 1. The largest absolute Gasteiger partial charge is 0.493 e. The van der Waals surface area contributed by atoms with Crippen molar-refractivity contribution in [2.45, 2.75) is 20.4 Å². The smallest absolute Gasteiger partial charge is 0.222 e. The van der Waals surface area contributed by atoms with Gasteiger partial charge in [-0.05, 0) is 17.7 Å². The molecule has 1 rings (SSSR count). The summed E-state index contributed by atoms with van der Waals surface area (Å²) < 4.78 is 10.5. The van der Waals surface area contributed by atoms with Crippen molar-refractivity contribution in [2.75, 3.05) is 34.4 Å². The van der Waals surface area contributed by atoms with Gasteiger partial charge in [0.1, 0.15) is 0 Å². The zero-order valence-corrected chi connectivity index (χ0v) is 17.8. The fourth-order valence-electron chi connectivity index (χ4n) is 1.97. The van der Waals surface area contributed by atoms with E-state index >= 15 is 0 Å². The van der Waals surface area contributed by atoms with E-state index in [0.29, 0.717) is 37.1 Å². The Morgan fingerprint density at radius 1 is 1.08 bits per heavy atom. The molecule has 0 unspecified atom stereocenters. The molecule has 0 saturated heterocycles. The lowest BCUT2D eigenvalue weighted by atomic mass is 10.2. The van der Waals surface area contributed by atoms with Crippen molar-refractivity contribution >= 4 is 35.8 Å². The molecule has 1 aromatic rings. The van der Waals surface area contributed by atoms with Crippen molar-refractivity contribution < 1.29 is 14.3 Å². The molecule has 3 N–H and O–H groups in total. The maximum absolute atomic E-state index is 11.5. The number of carbonyl (C=O) groups is 1. The molecule has 0 spiro atoms. The summed E-state index contributed by atoms with van der Waals surface area (Å²) in [6.45, 7) is 5.48. The van der Waals surface area contributed by atoms with Gasteiger partial charge in [0.2, 0.25) is 5.91 Å². The molecule has 8 heteroatoms. The van der Waals surface area contributed by atoms with E-state index in [2.05, 4.69) is 20.9 Å². The molecule has 7 nitrogen and oxygen atoms in total. The predicted molar refractivity (Wildman–Crippen MR) is 111 cm³/mol. The zero-order valence-electron chi connectivity index (χ0n) is 15.5. The molecule has 0 heterocycles. The Morgan fingerprint density at radius 3 is 2.28 bits per heavy atom. The number of guanidine groups is 1. The number of carbonyl (C=O) groups excluding carboxylic acids is 1. The summed E-state index contributed by atoms with van der Waals surface area (Å²) in [7, 11) is 4.93. The summed E-state index contributed by atoms with van der Waals surface area (Å²) in [6, 6.07) is 5.75. The molecule has 0 atom stereocenters. The molecule has 25 heavy (non-hydrogen) atoms. The van der Waals surface area contributed by atoms with Crippen molar-refractivity contribution in [3.63, 3.8) is 0 Å². The average molecular weight is 464 g/mol. The van der Waals surface area contributed by atoms with E-state index in [1.807, 2.05) is 32.0 Å². The molecule has 0 aliphatic carbocycles. The number of amides is 1. The third-order valence-electron chi connectivity index (χ3n) is 3.37. The lowest BCUT2D eigenvalue weighted by Crippen LogP contribution is -2.41. The minimum absolute atomic E-state index is 0. The first-order chi connectivity index (χ1) is 11.5. The highest BCUT2D eigenvalue weighted by Gasteiger charge is 2.06. The van der Waals surface area contributed by atoms with E-state index in [1.165, 1.54) is 0 Å². The number of aliphatic imine (C=N–C) groups is 1. The van der Waals surface area contributed by atoms with Gasteiger partial charge in [-0.25, -0.2) is 0 Å². The molecule has 0 saturated carbocycles. The van der Waals surface area contributed by atoms with E-state index in [4.69, 9.17) is 9.47 Å².